The highest BCUT2D eigenvalue weighted by Crippen LogP contribution is 2.31. The van der Waals surface area contributed by atoms with Gasteiger partial charge in [0.1, 0.15) is 4.34 Å². The van der Waals surface area contributed by atoms with Gasteiger partial charge in [-0.3, -0.25) is 14.5 Å². The standard InChI is InChI=1S/C11H14Cl2N2O2S/c1-14-10(17)3-4-15(2)6-8(16)7-5-9(12)18-11(7)13/h5H,3-4,6H2,1-2H3,(H,14,17). The number of Topliss-reactive ketones (excluding diaryl/α,β-unsaturated/α-hetero) is 1. The van der Waals surface area contributed by atoms with Crippen molar-refractivity contribution in [2.24, 2.45) is 0 Å². The lowest BCUT2D eigenvalue weighted by molar-refractivity contribution is -0.120. The van der Waals surface area contributed by atoms with Gasteiger partial charge in [-0.1, -0.05) is 23.2 Å². The van der Waals surface area contributed by atoms with Crippen LogP contribution in [0.15, 0.2) is 6.07 Å². The molecule has 0 aliphatic rings. The lowest BCUT2D eigenvalue weighted by atomic mass is 10.2. The van der Waals surface area contributed by atoms with E-state index in [1.165, 1.54) is 11.3 Å². The summed E-state index contributed by atoms with van der Waals surface area (Å²) in [7, 11) is 3.36. The number of rotatable bonds is 6. The predicted molar refractivity (Wildman–Crippen MR) is 74.9 cm³/mol. The quantitative estimate of drug-likeness (QED) is 0.820. The van der Waals surface area contributed by atoms with Crippen molar-refractivity contribution in [2.75, 3.05) is 27.2 Å². The summed E-state index contributed by atoms with van der Waals surface area (Å²) in [5.41, 5.74) is 0.443. The van der Waals surface area contributed by atoms with Gasteiger partial charge in [0, 0.05) is 20.0 Å². The number of carbonyl (C=O) groups excluding carboxylic acids is 2. The van der Waals surface area contributed by atoms with Crippen molar-refractivity contribution in [2.45, 2.75) is 6.42 Å². The summed E-state index contributed by atoms with van der Waals surface area (Å²) in [6.45, 7) is 0.727. The number of carbonyl (C=O) groups is 2. The first kappa shape index (κ1) is 15.4. The predicted octanol–water partition coefficient (Wildman–Crippen LogP) is 2.31. The lowest BCUT2D eigenvalue weighted by Crippen LogP contribution is -2.30. The van der Waals surface area contributed by atoms with E-state index in [0.717, 1.165) is 0 Å². The monoisotopic (exact) mass is 308 g/mol. The Labute approximate surface area is 120 Å². The molecule has 0 radical (unpaired) electrons. The SMILES string of the molecule is CNC(=O)CCN(C)CC(=O)c1cc(Cl)sc1Cl. The highest BCUT2D eigenvalue weighted by Gasteiger charge is 2.16. The van der Waals surface area contributed by atoms with Crippen molar-refractivity contribution in [3.05, 3.63) is 20.3 Å². The first-order valence-electron chi connectivity index (χ1n) is 5.31. The fraction of sp³-hybridized carbons (Fsp3) is 0.455. The fourth-order valence-electron chi connectivity index (χ4n) is 1.36. The molecule has 0 bridgehead atoms. The number of ketones is 1. The average Bonchev–Trinajstić information content (AvgIpc) is 2.65. The minimum Gasteiger partial charge on any atom is -0.359 e. The normalized spacial score (nSPS) is 10.7. The molecule has 1 aromatic heterocycles. The van der Waals surface area contributed by atoms with Gasteiger partial charge in [-0.2, -0.15) is 0 Å². The average molecular weight is 309 g/mol. The van der Waals surface area contributed by atoms with Gasteiger partial charge in [0.15, 0.2) is 5.78 Å². The molecule has 100 valence electrons. The Morgan fingerprint density at radius 1 is 1.44 bits per heavy atom. The zero-order valence-corrected chi connectivity index (χ0v) is 12.5. The van der Waals surface area contributed by atoms with Gasteiger partial charge in [-0.15, -0.1) is 11.3 Å². The number of halogens is 2. The van der Waals surface area contributed by atoms with Crippen LogP contribution in [0.1, 0.15) is 16.8 Å². The Hall–Kier alpha value is -0.620. The van der Waals surface area contributed by atoms with E-state index in [2.05, 4.69) is 5.32 Å². The molecule has 1 amide bonds. The molecule has 0 unspecified atom stereocenters. The number of likely N-dealkylation sites (N-methyl/N-ethyl adjacent to an activating group) is 1. The van der Waals surface area contributed by atoms with Gasteiger partial charge < -0.3 is 5.32 Å². The van der Waals surface area contributed by atoms with Crippen molar-refractivity contribution >= 4 is 46.2 Å². The highest BCUT2D eigenvalue weighted by molar-refractivity contribution is 7.20. The van der Waals surface area contributed by atoms with Crippen molar-refractivity contribution in [3.63, 3.8) is 0 Å². The van der Waals surface area contributed by atoms with Crippen LogP contribution in [0, 0.1) is 0 Å². The van der Waals surface area contributed by atoms with Crippen LogP contribution in [-0.4, -0.2) is 43.8 Å². The molecule has 1 N–H and O–H groups in total. The summed E-state index contributed by atoms with van der Waals surface area (Å²) in [6.07, 6.45) is 0.360. The maximum absolute atomic E-state index is 11.9. The summed E-state index contributed by atoms with van der Waals surface area (Å²) in [5.74, 6) is -0.145. The van der Waals surface area contributed by atoms with E-state index in [1.807, 2.05) is 0 Å². The van der Waals surface area contributed by atoms with Crippen molar-refractivity contribution < 1.29 is 9.59 Å². The lowest BCUT2D eigenvalue weighted by Gasteiger charge is -2.14. The molecular weight excluding hydrogens is 295 g/mol. The number of nitrogens with one attached hydrogen (secondary N) is 1. The molecule has 0 aromatic carbocycles. The Balaban J connectivity index is 2.49. The third kappa shape index (κ3) is 4.57. The molecule has 7 heteroatoms. The molecule has 0 aliphatic carbocycles. The first-order valence-corrected chi connectivity index (χ1v) is 6.88. The number of hydrogen-bond donors (Lipinski definition) is 1. The second-order valence-electron chi connectivity index (χ2n) is 3.82. The zero-order chi connectivity index (χ0) is 13.7. The smallest absolute Gasteiger partial charge is 0.221 e. The molecule has 0 atom stereocenters. The number of nitrogens with zero attached hydrogens (tertiary/aromatic N) is 1. The molecule has 1 rings (SSSR count). The van der Waals surface area contributed by atoms with Crippen molar-refractivity contribution in [1.29, 1.82) is 0 Å². The topological polar surface area (TPSA) is 49.4 Å². The number of thiophene rings is 1. The largest absolute Gasteiger partial charge is 0.359 e. The Morgan fingerprint density at radius 3 is 2.61 bits per heavy atom. The van der Waals surface area contributed by atoms with E-state index < -0.39 is 0 Å². The summed E-state index contributed by atoms with van der Waals surface area (Å²) in [6, 6.07) is 1.57. The molecule has 0 saturated heterocycles. The minimum absolute atomic E-state index is 0.0501. The van der Waals surface area contributed by atoms with Crippen LogP contribution < -0.4 is 5.32 Å². The summed E-state index contributed by atoms with van der Waals surface area (Å²) < 4.78 is 0.904. The molecule has 1 heterocycles. The van der Waals surface area contributed by atoms with Crippen LogP contribution in [0.5, 0.6) is 0 Å². The van der Waals surface area contributed by atoms with E-state index in [-0.39, 0.29) is 18.2 Å². The minimum atomic E-state index is -0.0949. The second kappa shape index (κ2) is 7.09. The highest BCUT2D eigenvalue weighted by atomic mass is 35.5. The number of hydrogen-bond acceptors (Lipinski definition) is 4. The third-order valence-electron chi connectivity index (χ3n) is 2.37. The first-order chi connectivity index (χ1) is 8.43. The molecule has 1 aromatic rings. The van der Waals surface area contributed by atoms with Gasteiger partial charge in [0.2, 0.25) is 5.91 Å². The van der Waals surface area contributed by atoms with Crippen LogP contribution in [0.4, 0.5) is 0 Å². The van der Waals surface area contributed by atoms with Crippen LogP contribution in [0.2, 0.25) is 8.67 Å². The van der Waals surface area contributed by atoms with Crippen LogP contribution in [0.25, 0.3) is 0 Å². The summed E-state index contributed by atoms with van der Waals surface area (Å²) in [5, 5.41) is 2.53. The zero-order valence-electron chi connectivity index (χ0n) is 10.1. The molecular formula is C11H14Cl2N2O2S. The van der Waals surface area contributed by atoms with Crippen molar-refractivity contribution in [1.82, 2.24) is 10.2 Å². The summed E-state index contributed by atoms with van der Waals surface area (Å²) >= 11 is 12.9. The molecule has 0 fully saturated rings. The Morgan fingerprint density at radius 2 is 2.11 bits per heavy atom. The van der Waals surface area contributed by atoms with Crippen molar-refractivity contribution in [3.8, 4) is 0 Å². The van der Waals surface area contributed by atoms with E-state index in [0.29, 0.717) is 27.2 Å². The van der Waals surface area contributed by atoms with Gasteiger partial charge in [0.05, 0.1) is 16.4 Å². The van der Waals surface area contributed by atoms with E-state index in [4.69, 9.17) is 23.2 Å². The maximum atomic E-state index is 11.9. The fourth-order valence-corrected chi connectivity index (χ4v) is 2.86. The maximum Gasteiger partial charge on any atom is 0.221 e. The Bertz CT molecular complexity index is 448. The van der Waals surface area contributed by atoms with Gasteiger partial charge >= 0.3 is 0 Å². The molecule has 4 nitrogen and oxygen atoms in total. The van der Waals surface area contributed by atoms with Gasteiger partial charge in [-0.05, 0) is 13.1 Å². The van der Waals surface area contributed by atoms with E-state index >= 15 is 0 Å². The second-order valence-corrected chi connectivity index (χ2v) is 6.11. The summed E-state index contributed by atoms with van der Waals surface area (Å²) in [4.78, 5) is 24.8. The van der Waals surface area contributed by atoms with Gasteiger partial charge in [0.25, 0.3) is 0 Å². The van der Waals surface area contributed by atoms with Crippen LogP contribution >= 0.6 is 34.5 Å². The molecule has 0 aliphatic heterocycles. The number of amides is 1. The van der Waals surface area contributed by atoms with Crippen LogP contribution in [-0.2, 0) is 4.79 Å². The van der Waals surface area contributed by atoms with Gasteiger partial charge in [-0.25, -0.2) is 0 Å². The third-order valence-corrected chi connectivity index (χ3v) is 3.86. The van der Waals surface area contributed by atoms with Crippen LogP contribution in [0.3, 0.4) is 0 Å². The Kier molecular flexibility index (Phi) is 6.08. The van der Waals surface area contributed by atoms with E-state index in [9.17, 15) is 9.59 Å². The molecule has 0 spiro atoms. The molecule has 18 heavy (non-hydrogen) atoms. The molecule has 0 saturated carbocycles. The van der Waals surface area contributed by atoms with E-state index in [1.54, 1.807) is 25.1 Å².